The van der Waals surface area contributed by atoms with Crippen molar-refractivity contribution in [1.82, 2.24) is 0 Å². The van der Waals surface area contributed by atoms with Crippen molar-refractivity contribution in [2.24, 2.45) is 0 Å². The minimum absolute atomic E-state index is 0.210. The zero-order valence-corrected chi connectivity index (χ0v) is 11.7. The highest BCUT2D eigenvalue weighted by atomic mass is 32.2. The number of benzene rings is 2. The van der Waals surface area contributed by atoms with E-state index in [-0.39, 0.29) is 11.6 Å². The number of fused-ring (bicyclic) bond motifs is 1. The maximum atomic E-state index is 13.2. The lowest BCUT2D eigenvalue weighted by atomic mass is 10.0. The molecule has 0 bridgehead atoms. The normalized spacial score (nSPS) is 14.1. The molecule has 102 valence electrons. The third-order valence-electron chi connectivity index (χ3n) is 3.26. The van der Waals surface area contributed by atoms with Gasteiger partial charge in [0.25, 0.3) is 0 Å². The summed E-state index contributed by atoms with van der Waals surface area (Å²) in [5, 5.41) is 10.4. The van der Waals surface area contributed by atoms with Gasteiger partial charge in [0, 0.05) is 11.3 Å². The molecule has 2 aromatic rings. The molecule has 1 N–H and O–H groups in total. The third-order valence-corrected chi connectivity index (χ3v) is 4.43. The van der Waals surface area contributed by atoms with Crippen LogP contribution in [0, 0.1) is 5.82 Å². The predicted octanol–water partition coefficient (Wildman–Crippen LogP) is 4.46. The highest BCUT2D eigenvalue weighted by Crippen LogP contribution is 2.42. The summed E-state index contributed by atoms with van der Waals surface area (Å²) in [6.07, 6.45) is 0. The van der Waals surface area contributed by atoms with E-state index in [4.69, 9.17) is 4.74 Å². The number of aliphatic hydroxyl groups excluding tert-OH is 1. The Hall–Kier alpha value is -1.94. The van der Waals surface area contributed by atoms with Crippen LogP contribution in [0.2, 0.25) is 0 Å². The Morgan fingerprint density at radius 2 is 1.90 bits per heavy atom. The first-order valence-corrected chi connectivity index (χ1v) is 7.17. The van der Waals surface area contributed by atoms with Crippen LogP contribution >= 0.6 is 11.8 Å². The lowest BCUT2D eigenvalue weighted by Gasteiger charge is -2.19. The van der Waals surface area contributed by atoms with Gasteiger partial charge in [-0.3, -0.25) is 0 Å². The summed E-state index contributed by atoms with van der Waals surface area (Å²) in [6.45, 7) is 0. The molecular formula is C16H13FO2S. The van der Waals surface area contributed by atoms with Crippen molar-refractivity contribution in [3.05, 3.63) is 65.0 Å². The van der Waals surface area contributed by atoms with Crippen molar-refractivity contribution < 1.29 is 14.2 Å². The SMILES string of the molecule is COc1ccc(C2=C(O)c3ccc(F)cc3CS2)cc1. The Labute approximate surface area is 120 Å². The van der Waals surface area contributed by atoms with E-state index in [1.54, 1.807) is 13.2 Å². The van der Waals surface area contributed by atoms with E-state index in [9.17, 15) is 9.50 Å². The van der Waals surface area contributed by atoms with E-state index < -0.39 is 0 Å². The first-order chi connectivity index (χ1) is 9.69. The second-order valence-electron chi connectivity index (χ2n) is 4.50. The van der Waals surface area contributed by atoms with E-state index in [1.165, 1.54) is 23.9 Å². The molecule has 3 rings (SSSR count). The number of methoxy groups -OCH3 is 1. The Kier molecular flexibility index (Phi) is 3.40. The summed E-state index contributed by atoms with van der Waals surface area (Å²) in [5.74, 6) is 1.36. The highest BCUT2D eigenvalue weighted by Gasteiger charge is 2.20. The molecular weight excluding hydrogens is 275 g/mol. The van der Waals surface area contributed by atoms with Crippen LogP contribution in [0.1, 0.15) is 16.7 Å². The summed E-state index contributed by atoms with van der Waals surface area (Å²) < 4.78 is 18.3. The van der Waals surface area contributed by atoms with E-state index in [1.807, 2.05) is 24.3 Å². The van der Waals surface area contributed by atoms with Gasteiger partial charge in [-0.05, 0) is 41.5 Å². The largest absolute Gasteiger partial charge is 0.506 e. The molecule has 1 aliphatic rings. The van der Waals surface area contributed by atoms with Crippen LogP contribution in [0.5, 0.6) is 5.75 Å². The summed E-state index contributed by atoms with van der Waals surface area (Å²) in [4.78, 5) is 0.812. The Morgan fingerprint density at radius 1 is 1.15 bits per heavy atom. The van der Waals surface area contributed by atoms with Gasteiger partial charge in [-0.1, -0.05) is 12.1 Å². The van der Waals surface area contributed by atoms with Gasteiger partial charge in [-0.15, -0.1) is 11.8 Å². The van der Waals surface area contributed by atoms with Crippen LogP contribution in [0.25, 0.3) is 10.7 Å². The summed E-state index contributed by atoms with van der Waals surface area (Å²) in [5.41, 5.74) is 2.46. The van der Waals surface area contributed by atoms with Crippen molar-refractivity contribution in [3.8, 4) is 5.75 Å². The molecule has 2 nitrogen and oxygen atoms in total. The van der Waals surface area contributed by atoms with E-state index in [2.05, 4.69) is 0 Å². The third kappa shape index (κ3) is 2.27. The molecule has 1 heterocycles. The number of thioether (sulfide) groups is 1. The summed E-state index contributed by atoms with van der Waals surface area (Å²) >= 11 is 1.51. The summed E-state index contributed by atoms with van der Waals surface area (Å²) in [7, 11) is 1.62. The molecule has 0 amide bonds. The topological polar surface area (TPSA) is 29.5 Å². The average molecular weight is 288 g/mol. The van der Waals surface area contributed by atoms with Crippen LogP contribution in [0.4, 0.5) is 4.39 Å². The van der Waals surface area contributed by atoms with Crippen molar-refractivity contribution in [2.45, 2.75) is 5.75 Å². The number of hydrogen-bond acceptors (Lipinski definition) is 3. The molecule has 0 aliphatic carbocycles. The van der Waals surface area contributed by atoms with E-state index >= 15 is 0 Å². The number of ether oxygens (including phenoxy) is 1. The second-order valence-corrected chi connectivity index (χ2v) is 5.48. The lowest BCUT2D eigenvalue weighted by molar-refractivity contribution is 0.415. The molecule has 0 fully saturated rings. The quantitative estimate of drug-likeness (QED) is 0.884. The number of rotatable bonds is 2. The minimum atomic E-state index is -0.273. The first-order valence-electron chi connectivity index (χ1n) is 6.18. The summed E-state index contributed by atoms with van der Waals surface area (Å²) in [6, 6.07) is 12.0. The van der Waals surface area contributed by atoms with Crippen molar-refractivity contribution in [2.75, 3.05) is 7.11 Å². The van der Waals surface area contributed by atoms with Gasteiger partial charge in [-0.2, -0.15) is 0 Å². The molecule has 2 aromatic carbocycles. The molecule has 0 atom stereocenters. The van der Waals surface area contributed by atoms with Gasteiger partial charge < -0.3 is 9.84 Å². The molecule has 0 spiro atoms. The van der Waals surface area contributed by atoms with Crippen molar-refractivity contribution in [3.63, 3.8) is 0 Å². The zero-order valence-electron chi connectivity index (χ0n) is 10.9. The zero-order chi connectivity index (χ0) is 14.1. The average Bonchev–Trinajstić information content (AvgIpc) is 2.48. The lowest BCUT2D eigenvalue weighted by Crippen LogP contribution is -2.01. The van der Waals surface area contributed by atoms with Gasteiger partial charge >= 0.3 is 0 Å². The van der Waals surface area contributed by atoms with Crippen molar-refractivity contribution in [1.29, 1.82) is 0 Å². The molecule has 20 heavy (non-hydrogen) atoms. The monoisotopic (exact) mass is 288 g/mol. The van der Waals surface area contributed by atoms with Gasteiger partial charge in [-0.25, -0.2) is 4.39 Å². The maximum Gasteiger partial charge on any atom is 0.137 e. The molecule has 4 heteroatoms. The fourth-order valence-electron chi connectivity index (χ4n) is 2.22. The Balaban J connectivity index is 2.05. The van der Waals surface area contributed by atoms with Gasteiger partial charge in [0.05, 0.1) is 12.0 Å². The van der Waals surface area contributed by atoms with Crippen LogP contribution in [-0.4, -0.2) is 12.2 Å². The molecule has 0 saturated heterocycles. The van der Waals surface area contributed by atoms with Crippen LogP contribution in [0.15, 0.2) is 42.5 Å². The molecule has 0 radical (unpaired) electrons. The van der Waals surface area contributed by atoms with E-state index in [0.717, 1.165) is 21.8 Å². The van der Waals surface area contributed by atoms with Crippen LogP contribution < -0.4 is 4.74 Å². The van der Waals surface area contributed by atoms with Gasteiger partial charge in [0.1, 0.15) is 17.3 Å². The second kappa shape index (κ2) is 5.21. The van der Waals surface area contributed by atoms with Gasteiger partial charge in [0.15, 0.2) is 0 Å². The number of halogens is 1. The Bertz CT molecular complexity index is 677. The van der Waals surface area contributed by atoms with E-state index in [0.29, 0.717) is 11.3 Å². The first kappa shape index (κ1) is 13.1. The predicted molar refractivity (Wildman–Crippen MR) is 80.1 cm³/mol. The molecule has 0 unspecified atom stereocenters. The highest BCUT2D eigenvalue weighted by molar-refractivity contribution is 8.07. The standard InChI is InChI=1S/C16H13FO2S/c1-19-13-5-2-10(3-6-13)16-15(18)14-7-4-12(17)8-11(14)9-20-16/h2-8,18H,9H2,1H3. The smallest absolute Gasteiger partial charge is 0.137 e. The number of hydrogen-bond donors (Lipinski definition) is 1. The molecule has 0 aromatic heterocycles. The fraction of sp³-hybridized carbons (Fsp3) is 0.125. The fourth-order valence-corrected chi connectivity index (χ4v) is 3.30. The van der Waals surface area contributed by atoms with Gasteiger partial charge in [0.2, 0.25) is 0 Å². The van der Waals surface area contributed by atoms with Crippen molar-refractivity contribution >= 4 is 22.4 Å². The van der Waals surface area contributed by atoms with Crippen LogP contribution in [-0.2, 0) is 5.75 Å². The molecule has 1 aliphatic heterocycles. The maximum absolute atomic E-state index is 13.2. The van der Waals surface area contributed by atoms with Crippen LogP contribution in [0.3, 0.4) is 0 Å². The minimum Gasteiger partial charge on any atom is -0.506 e. The molecule has 0 saturated carbocycles. The Morgan fingerprint density at radius 3 is 2.60 bits per heavy atom. The number of aliphatic hydroxyl groups is 1.